The summed E-state index contributed by atoms with van der Waals surface area (Å²) in [6, 6.07) is 179. The molecule has 0 aliphatic heterocycles. The molecule has 0 unspecified atom stereocenters. The number of nitrogens with zero attached hydrogens (tertiary/aromatic N) is 6. The Morgan fingerprint density at radius 3 is 0.660 bits per heavy atom. The standard InChI is InChI=1S/2C48H38N2.C45H34N2/c1-47(2)42-20-12-9-17-36(42)40-28-32(24-27-43(40)47)49(33-22-25-37-35-16-8-11-19-41(35)48(3,4)44(37)29-33)34-23-26-39-38-18-10-13-21-45(38)50(46(39)30-34)31-14-6-5-7-15-31;1-47(2)41-19-11-8-16-35(41)39-28-32(23-26-43(39)47)49(33-24-27-44-40(29-33)36-17-9-12-20-42(36)48(44,3)4)34-22-25-38-37-18-10-13-21-45(37)50(46(38)30-34)31-14-6-5-7-15-31;1-45(2)41-19-11-9-17-37(41)38-27-25-35(29-42(38)45)46(34-23-21-32(22-24-34)31-13-5-3-6-14-31)36-26-28-40-39-18-10-12-20-43(39)47(44(40)30-36)33-15-7-4-8-16-33/h2*5-30H,1-4H3;3-30H,1-2H3. The summed E-state index contributed by atoms with van der Waals surface area (Å²) in [7, 11) is 0. The zero-order chi connectivity index (χ0) is 99.1. The van der Waals surface area contributed by atoms with E-state index < -0.39 is 0 Å². The average Bonchev–Trinajstić information content (AvgIpc) is 1.61. The maximum atomic E-state index is 2.47. The molecule has 5 aliphatic carbocycles. The van der Waals surface area contributed by atoms with Gasteiger partial charge >= 0.3 is 0 Å². The Morgan fingerprint density at radius 1 is 0.136 bits per heavy atom. The Balaban J connectivity index is 0.000000109. The van der Waals surface area contributed by atoms with Crippen LogP contribution in [0, 0.1) is 0 Å². The van der Waals surface area contributed by atoms with Crippen molar-refractivity contribution >= 4 is 117 Å². The van der Waals surface area contributed by atoms with Crippen LogP contribution in [0.1, 0.15) is 125 Å². The zero-order valence-corrected chi connectivity index (χ0v) is 84.4. The van der Waals surface area contributed by atoms with Gasteiger partial charge in [0.15, 0.2) is 0 Å². The fraction of sp³-hybridized carbons (Fsp3) is 0.106. The first kappa shape index (κ1) is 88.4. The predicted molar refractivity (Wildman–Crippen MR) is 620 cm³/mol. The highest BCUT2D eigenvalue weighted by molar-refractivity contribution is 6.14. The van der Waals surface area contributed by atoms with Crippen molar-refractivity contribution in [2.75, 3.05) is 14.7 Å². The summed E-state index contributed by atoms with van der Waals surface area (Å²) in [5.74, 6) is 0. The number of hydrogen-bond acceptors (Lipinski definition) is 3. The molecule has 0 N–H and O–H groups in total. The first-order chi connectivity index (χ1) is 71.7. The van der Waals surface area contributed by atoms with Gasteiger partial charge in [-0.2, -0.15) is 0 Å². The molecule has 147 heavy (non-hydrogen) atoms. The Hall–Kier alpha value is -17.6. The van der Waals surface area contributed by atoms with Gasteiger partial charge in [0.1, 0.15) is 0 Å². The molecule has 24 aromatic rings. The zero-order valence-electron chi connectivity index (χ0n) is 84.4. The molecule has 29 rings (SSSR count). The van der Waals surface area contributed by atoms with Gasteiger partial charge in [0.25, 0.3) is 0 Å². The number of anilines is 9. The number of para-hydroxylation sites is 6. The summed E-state index contributed by atoms with van der Waals surface area (Å²) < 4.78 is 7.22. The third kappa shape index (κ3) is 13.9. The maximum Gasteiger partial charge on any atom is 0.0561 e. The van der Waals surface area contributed by atoms with E-state index in [-0.39, 0.29) is 27.1 Å². The van der Waals surface area contributed by atoms with Crippen molar-refractivity contribution in [1.29, 1.82) is 0 Å². The van der Waals surface area contributed by atoms with Gasteiger partial charge in [-0.3, -0.25) is 0 Å². The van der Waals surface area contributed by atoms with Gasteiger partial charge in [-0.05, 0) is 286 Å². The van der Waals surface area contributed by atoms with Crippen LogP contribution in [0.3, 0.4) is 0 Å². The van der Waals surface area contributed by atoms with E-state index in [9.17, 15) is 0 Å². The minimum Gasteiger partial charge on any atom is -0.310 e. The third-order valence-corrected chi connectivity index (χ3v) is 33.1. The lowest BCUT2D eigenvalue weighted by atomic mass is 9.82. The van der Waals surface area contributed by atoms with E-state index in [0.717, 1.165) is 68.2 Å². The topological polar surface area (TPSA) is 24.5 Å². The second-order valence-corrected chi connectivity index (χ2v) is 43.1. The van der Waals surface area contributed by atoms with Crippen LogP contribution in [0.25, 0.3) is 149 Å². The first-order valence-corrected chi connectivity index (χ1v) is 51.8. The van der Waals surface area contributed by atoms with Crippen LogP contribution in [0.15, 0.2) is 485 Å². The summed E-state index contributed by atoms with van der Waals surface area (Å²) in [4.78, 5) is 7.36. The summed E-state index contributed by atoms with van der Waals surface area (Å²) in [6.07, 6.45) is 0. The van der Waals surface area contributed by atoms with Crippen molar-refractivity contribution in [2.24, 2.45) is 0 Å². The predicted octanol–water partition coefficient (Wildman–Crippen LogP) is 38.0. The molecule has 704 valence electrons. The van der Waals surface area contributed by atoms with Gasteiger partial charge in [0.05, 0.1) is 33.1 Å². The van der Waals surface area contributed by atoms with Gasteiger partial charge in [-0.25, -0.2) is 0 Å². The van der Waals surface area contributed by atoms with Crippen LogP contribution in [0.5, 0.6) is 0 Å². The van der Waals surface area contributed by atoms with E-state index in [4.69, 9.17) is 0 Å². The van der Waals surface area contributed by atoms with Crippen LogP contribution < -0.4 is 14.7 Å². The SMILES string of the molecule is CC1(C)c2ccccc2-c2cc(N(c3ccc4c(c3)-c3ccccc3C4(C)C)c3ccc4c5ccccc5n(-c5ccccc5)c4c3)ccc21.CC1(C)c2ccccc2-c2cc(N(c3ccc4c(c3)C(C)(C)c3ccccc3-4)c3ccc4c5ccccc5n(-c5ccccc5)c4c3)ccc21.CC1(C)c2ccccc2-c2ccc(N(c3ccc(-c4ccccc4)cc3)c3ccc4c5ccccc5n(-c5ccccc5)c4c3)cc21. The quantitative estimate of drug-likeness (QED) is 0.115. The van der Waals surface area contributed by atoms with Crippen molar-refractivity contribution in [3.63, 3.8) is 0 Å². The van der Waals surface area contributed by atoms with Gasteiger partial charge in [-0.15, -0.1) is 0 Å². The average molecular weight is 1890 g/mol. The molecule has 0 fully saturated rings. The van der Waals surface area contributed by atoms with Gasteiger partial charge in [-0.1, -0.05) is 391 Å². The highest BCUT2D eigenvalue weighted by atomic mass is 15.2. The van der Waals surface area contributed by atoms with E-state index in [0.29, 0.717) is 0 Å². The van der Waals surface area contributed by atoms with Crippen LogP contribution in [0.4, 0.5) is 51.2 Å². The summed E-state index contributed by atoms with van der Waals surface area (Å²) in [5.41, 5.74) is 50.2. The monoisotopic (exact) mass is 1890 g/mol. The molecule has 3 heterocycles. The molecule has 0 saturated carbocycles. The molecular weight excluding hydrogens is 1780 g/mol. The van der Waals surface area contributed by atoms with Gasteiger partial charge in [0, 0.05) is 128 Å². The molecule has 5 aliphatic rings. The summed E-state index contributed by atoms with van der Waals surface area (Å²) in [5, 5.41) is 7.53. The van der Waals surface area contributed by atoms with E-state index in [2.05, 4.69) is 583 Å². The third-order valence-electron chi connectivity index (χ3n) is 33.1. The molecule has 0 amide bonds. The van der Waals surface area contributed by atoms with Crippen LogP contribution in [-0.4, -0.2) is 13.7 Å². The molecule has 21 aromatic carbocycles. The van der Waals surface area contributed by atoms with Crippen molar-refractivity contribution in [3.05, 3.63) is 541 Å². The number of rotatable bonds is 13. The fourth-order valence-electron chi connectivity index (χ4n) is 25.8. The summed E-state index contributed by atoms with van der Waals surface area (Å²) in [6.45, 7) is 23.6. The number of fused-ring (bicyclic) bond motifs is 24. The Morgan fingerprint density at radius 2 is 0.340 bits per heavy atom. The van der Waals surface area contributed by atoms with Crippen molar-refractivity contribution < 1.29 is 0 Å². The van der Waals surface area contributed by atoms with Gasteiger partial charge < -0.3 is 28.4 Å². The van der Waals surface area contributed by atoms with E-state index >= 15 is 0 Å². The molecule has 6 nitrogen and oxygen atoms in total. The van der Waals surface area contributed by atoms with Crippen LogP contribution in [-0.2, 0) is 27.1 Å². The highest BCUT2D eigenvalue weighted by Gasteiger charge is 2.43. The lowest BCUT2D eigenvalue weighted by Crippen LogP contribution is -2.17. The number of benzene rings is 21. The molecule has 0 radical (unpaired) electrons. The normalized spacial score (nSPS) is 14.2. The van der Waals surface area contributed by atoms with E-state index in [1.54, 1.807) is 0 Å². The minimum absolute atomic E-state index is 0.0474. The van der Waals surface area contributed by atoms with Crippen LogP contribution in [0.2, 0.25) is 0 Å². The van der Waals surface area contributed by atoms with Crippen molar-refractivity contribution in [3.8, 4) is 83.8 Å². The van der Waals surface area contributed by atoms with E-state index in [1.807, 2.05) is 0 Å². The van der Waals surface area contributed by atoms with Crippen LogP contribution >= 0.6 is 0 Å². The molecule has 3 aromatic heterocycles. The molecule has 0 atom stereocenters. The van der Waals surface area contributed by atoms with Crippen molar-refractivity contribution in [1.82, 2.24) is 13.7 Å². The molecular formula is C141H110N6. The van der Waals surface area contributed by atoms with E-state index in [1.165, 1.54) is 188 Å². The lowest BCUT2D eigenvalue weighted by Gasteiger charge is -2.29. The minimum atomic E-state index is -0.0990. The molecule has 0 spiro atoms. The second kappa shape index (κ2) is 33.8. The van der Waals surface area contributed by atoms with Gasteiger partial charge in [0.2, 0.25) is 0 Å². The number of hydrogen-bond donors (Lipinski definition) is 0. The Kier molecular flexibility index (Phi) is 20.3. The van der Waals surface area contributed by atoms with Crippen molar-refractivity contribution in [2.45, 2.75) is 96.3 Å². The maximum absolute atomic E-state index is 2.47. The molecule has 6 heteroatoms. The Bertz CT molecular complexity index is 9340. The number of aromatic nitrogens is 3. The molecule has 0 saturated heterocycles. The smallest absolute Gasteiger partial charge is 0.0561 e. The lowest BCUT2D eigenvalue weighted by molar-refractivity contribution is 0.660. The largest absolute Gasteiger partial charge is 0.310 e. The second-order valence-electron chi connectivity index (χ2n) is 43.1. The fourth-order valence-corrected chi connectivity index (χ4v) is 25.8. The first-order valence-electron chi connectivity index (χ1n) is 51.8. The molecule has 0 bridgehead atoms. The highest BCUT2D eigenvalue weighted by Crippen LogP contribution is 2.59. The Labute approximate surface area is 859 Å². The summed E-state index contributed by atoms with van der Waals surface area (Å²) >= 11 is 0.